The minimum absolute atomic E-state index is 0.129. The van der Waals surface area contributed by atoms with Gasteiger partial charge < -0.3 is 15.7 Å². The summed E-state index contributed by atoms with van der Waals surface area (Å²) in [5.41, 5.74) is -0.129. The molecule has 0 bridgehead atoms. The van der Waals surface area contributed by atoms with Gasteiger partial charge in [0.15, 0.2) is 0 Å². The molecule has 110 valence electrons. The zero-order valence-electron chi connectivity index (χ0n) is 12.2. The Kier molecular flexibility index (Phi) is 5.79. The third-order valence-electron chi connectivity index (χ3n) is 3.85. The molecular weight excluding hydrogens is 244 g/mol. The van der Waals surface area contributed by atoms with Crippen molar-refractivity contribution < 1.29 is 14.7 Å². The normalized spacial score (nSPS) is 23.6. The lowest BCUT2D eigenvalue weighted by atomic mass is 9.77. The molecule has 1 aliphatic rings. The summed E-state index contributed by atoms with van der Waals surface area (Å²) >= 11 is 0. The summed E-state index contributed by atoms with van der Waals surface area (Å²) in [7, 11) is 0. The Bertz CT molecular complexity index is 329. The molecule has 1 saturated heterocycles. The fraction of sp³-hybridized carbons (Fsp3) is 0.857. The van der Waals surface area contributed by atoms with Crippen LogP contribution in [0.15, 0.2) is 0 Å². The number of aliphatic carboxylic acids is 1. The lowest BCUT2D eigenvalue weighted by molar-refractivity contribution is -0.143. The van der Waals surface area contributed by atoms with Gasteiger partial charge in [-0.3, -0.25) is 4.79 Å². The fourth-order valence-corrected chi connectivity index (χ4v) is 2.58. The van der Waals surface area contributed by atoms with Crippen molar-refractivity contribution in [2.45, 2.75) is 65.0 Å². The third kappa shape index (κ3) is 4.49. The number of carboxylic acids is 1. The van der Waals surface area contributed by atoms with E-state index in [2.05, 4.69) is 10.6 Å². The number of unbranched alkanes of at least 4 members (excludes halogenated alkanes) is 1. The highest BCUT2D eigenvalue weighted by Gasteiger charge is 2.38. The van der Waals surface area contributed by atoms with Gasteiger partial charge in [-0.25, -0.2) is 4.79 Å². The number of piperidine rings is 1. The molecule has 0 aliphatic carbocycles. The zero-order chi connectivity index (χ0) is 14.5. The summed E-state index contributed by atoms with van der Waals surface area (Å²) in [6, 6.07) is -1.07. The monoisotopic (exact) mass is 270 g/mol. The van der Waals surface area contributed by atoms with Crippen LogP contribution in [0.3, 0.4) is 0 Å². The van der Waals surface area contributed by atoms with Crippen molar-refractivity contribution in [3.05, 3.63) is 0 Å². The van der Waals surface area contributed by atoms with E-state index in [4.69, 9.17) is 5.11 Å². The minimum atomic E-state index is -0.949. The Morgan fingerprint density at radius 2 is 2.16 bits per heavy atom. The summed E-state index contributed by atoms with van der Waals surface area (Å²) in [6.45, 7) is 6.91. The van der Waals surface area contributed by atoms with Crippen molar-refractivity contribution >= 4 is 11.9 Å². The van der Waals surface area contributed by atoms with E-state index in [1.807, 2.05) is 20.8 Å². The van der Waals surface area contributed by atoms with E-state index in [1.165, 1.54) is 0 Å². The van der Waals surface area contributed by atoms with E-state index < -0.39 is 12.0 Å². The van der Waals surface area contributed by atoms with Gasteiger partial charge in [0.25, 0.3) is 0 Å². The van der Waals surface area contributed by atoms with Crippen LogP contribution >= 0.6 is 0 Å². The van der Waals surface area contributed by atoms with E-state index >= 15 is 0 Å². The average Bonchev–Trinajstić information content (AvgIpc) is 2.33. The summed E-state index contributed by atoms with van der Waals surface area (Å²) in [6.07, 6.45) is 4.25. The van der Waals surface area contributed by atoms with Gasteiger partial charge in [-0.2, -0.15) is 0 Å². The Morgan fingerprint density at radius 1 is 1.47 bits per heavy atom. The maximum Gasteiger partial charge on any atom is 0.326 e. The van der Waals surface area contributed by atoms with Gasteiger partial charge in [-0.05, 0) is 31.2 Å². The largest absolute Gasteiger partial charge is 0.480 e. The van der Waals surface area contributed by atoms with Gasteiger partial charge in [0, 0.05) is 0 Å². The van der Waals surface area contributed by atoms with Crippen molar-refractivity contribution in [1.29, 1.82) is 0 Å². The van der Waals surface area contributed by atoms with Gasteiger partial charge in [-0.15, -0.1) is 0 Å². The van der Waals surface area contributed by atoms with Crippen molar-refractivity contribution in [3.8, 4) is 0 Å². The van der Waals surface area contributed by atoms with E-state index in [0.29, 0.717) is 6.42 Å². The van der Waals surface area contributed by atoms with E-state index in [0.717, 1.165) is 32.2 Å². The standard InChI is InChI=1S/C14H26N2O3/c1-4-5-7-10(13(18)19)16-12(17)11-14(2,3)8-6-9-15-11/h10-11,15H,4-9H2,1-3H3,(H,16,17)(H,18,19). The maximum absolute atomic E-state index is 12.3. The molecule has 0 radical (unpaired) electrons. The van der Waals surface area contributed by atoms with Crippen molar-refractivity contribution in [2.75, 3.05) is 6.54 Å². The Balaban J connectivity index is 2.62. The summed E-state index contributed by atoms with van der Waals surface area (Å²) in [5.74, 6) is -1.14. The molecular formula is C14H26N2O3. The molecule has 0 saturated carbocycles. The number of carbonyl (C=O) groups is 2. The number of rotatable bonds is 6. The molecule has 3 N–H and O–H groups in total. The molecule has 0 aromatic heterocycles. The number of amides is 1. The second kappa shape index (κ2) is 6.89. The van der Waals surface area contributed by atoms with Gasteiger partial charge in [-0.1, -0.05) is 33.6 Å². The molecule has 0 aromatic rings. The highest BCUT2D eigenvalue weighted by atomic mass is 16.4. The van der Waals surface area contributed by atoms with Crippen LogP contribution in [0.4, 0.5) is 0 Å². The van der Waals surface area contributed by atoms with Crippen molar-refractivity contribution in [2.24, 2.45) is 5.41 Å². The summed E-state index contributed by atoms with van der Waals surface area (Å²) in [5, 5.41) is 15.0. The molecule has 1 heterocycles. The summed E-state index contributed by atoms with van der Waals surface area (Å²) < 4.78 is 0. The number of carboxylic acid groups (broad SMARTS) is 1. The maximum atomic E-state index is 12.3. The van der Waals surface area contributed by atoms with Crippen molar-refractivity contribution in [1.82, 2.24) is 10.6 Å². The molecule has 5 nitrogen and oxygen atoms in total. The Morgan fingerprint density at radius 3 is 2.68 bits per heavy atom. The lowest BCUT2D eigenvalue weighted by Crippen LogP contribution is -2.58. The van der Waals surface area contributed by atoms with Crippen LogP contribution in [0.25, 0.3) is 0 Å². The molecule has 1 aliphatic heterocycles. The van der Waals surface area contributed by atoms with Crippen LogP contribution in [-0.4, -0.2) is 35.6 Å². The highest BCUT2D eigenvalue weighted by Crippen LogP contribution is 2.30. The number of nitrogens with one attached hydrogen (secondary N) is 2. The second-order valence-corrected chi connectivity index (χ2v) is 6.02. The molecule has 19 heavy (non-hydrogen) atoms. The number of carbonyl (C=O) groups excluding carboxylic acids is 1. The first-order valence-electron chi connectivity index (χ1n) is 7.15. The average molecular weight is 270 g/mol. The smallest absolute Gasteiger partial charge is 0.326 e. The molecule has 2 atom stereocenters. The van der Waals surface area contributed by atoms with Crippen LogP contribution in [0, 0.1) is 5.41 Å². The zero-order valence-corrected chi connectivity index (χ0v) is 12.2. The first-order chi connectivity index (χ1) is 8.88. The third-order valence-corrected chi connectivity index (χ3v) is 3.85. The van der Waals surface area contributed by atoms with Crippen LogP contribution in [0.1, 0.15) is 52.9 Å². The van der Waals surface area contributed by atoms with Gasteiger partial charge in [0.05, 0.1) is 6.04 Å². The van der Waals surface area contributed by atoms with E-state index in [1.54, 1.807) is 0 Å². The van der Waals surface area contributed by atoms with E-state index in [9.17, 15) is 9.59 Å². The Labute approximate surface area is 115 Å². The number of hydrogen-bond acceptors (Lipinski definition) is 3. The predicted molar refractivity (Wildman–Crippen MR) is 73.9 cm³/mol. The lowest BCUT2D eigenvalue weighted by Gasteiger charge is -2.38. The topological polar surface area (TPSA) is 78.4 Å². The highest BCUT2D eigenvalue weighted by molar-refractivity contribution is 5.87. The molecule has 1 amide bonds. The van der Waals surface area contributed by atoms with Crippen molar-refractivity contribution in [3.63, 3.8) is 0 Å². The van der Waals surface area contributed by atoms with E-state index in [-0.39, 0.29) is 17.4 Å². The molecule has 0 aromatic carbocycles. The quantitative estimate of drug-likeness (QED) is 0.684. The van der Waals surface area contributed by atoms with Crippen LogP contribution in [0.2, 0.25) is 0 Å². The second-order valence-electron chi connectivity index (χ2n) is 6.02. The van der Waals surface area contributed by atoms with Crippen LogP contribution in [-0.2, 0) is 9.59 Å². The molecule has 2 unspecified atom stereocenters. The first-order valence-corrected chi connectivity index (χ1v) is 7.15. The van der Waals surface area contributed by atoms with Gasteiger partial charge >= 0.3 is 5.97 Å². The first kappa shape index (κ1) is 16.0. The Hall–Kier alpha value is -1.10. The summed E-state index contributed by atoms with van der Waals surface area (Å²) in [4.78, 5) is 23.4. The molecule has 5 heteroatoms. The fourth-order valence-electron chi connectivity index (χ4n) is 2.58. The molecule has 1 rings (SSSR count). The molecule has 0 spiro atoms. The predicted octanol–water partition coefficient (Wildman–Crippen LogP) is 1.52. The van der Waals surface area contributed by atoms with Gasteiger partial charge in [0.1, 0.15) is 6.04 Å². The SMILES string of the molecule is CCCCC(NC(=O)C1NCCCC1(C)C)C(=O)O. The van der Waals surface area contributed by atoms with Crippen LogP contribution in [0.5, 0.6) is 0 Å². The minimum Gasteiger partial charge on any atom is -0.480 e. The number of hydrogen-bond donors (Lipinski definition) is 3. The van der Waals surface area contributed by atoms with Gasteiger partial charge in [0.2, 0.25) is 5.91 Å². The van der Waals surface area contributed by atoms with Crippen LogP contribution < -0.4 is 10.6 Å². The molecule has 1 fully saturated rings.